The van der Waals surface area contributed by atoms with Crippen LogP contribution in [0.25, 0.3) is 10.9 Å². The summed E-state index contributed by atoms with van der Waals surface area (Å²) in [7, 11) is 1.28. The summed E-state index contributed by atoms with van der Waals surface area (Å²) in [4.78, 5) is 32.6. The van der Waals surface area contributed by atoms with Crippen LogP contribution < -0.4 is 10.6 Å². The fraction of sp³-hybridized carbons (Fsp3) is 0.0667. The van der Waals surface area contributed by atoms with E-state index < -0.39 is 12.0 Å². The van der Waals surface area contributed by atoms with E-state index in [9.17, 15) is 9.59 Å². The largest absolute Gasteiger partial charge is 0.465 e. The highest BCUT2D eigenvalue weighted by Crippen LogP contribution is 2.32. The minimum absolute atomic E-state index is 0.300. The SMILES string of the molecule is COC(=O)c1sc(Br)cc1NC(=O)Nc1cncc2cccnc12. The predicted molar refractivity (Wildman–Crippen MR) is 95.5 cm³/mol. The first-order chi connectivity index (χ1) is 11.6. The van der Waals surface area contributed by atoms with Crippen molar-refractivity contribution in [1.82, 2.24) is 9.97 Å². The molecule has 0 unspecified atom stereocenters. The molecule has 0 bridgehead atoms. The van der Waals surface area contributed by atoms with Gasteiger partial charge in [0, 0.05) is 17.8 Å². The summed E-state index contributed by atoms with van der Waals surface area (Å²) in [6.45, 7) is 0. The number of methoxy groups -OCH3 is 1. The van der Waals surface area contributed by atoms with Crippen molar-refractivity contribution in [2.75, 3.05) is 17.7 Å². The zero-order valence-electron chi connectivity index (χ0n) is 12.4. The highest BCUT2D eigenvalue weighted by molar-refractivity contribution is 9.11. The number of amides is 2. The molecule has 2 N–H and O–H groups in total. The third-order valence-corrected chi connectivity index (χ3v) is 4.70. The minimum Gasteiger partial charge on any atom is -0.465 e. The van der Waals surface area contributed by atoms with Gasteiger partial charge >= 0.3 is 12.0 Å². The molecule has 9 heteroatoms. The molecule has 0 aliphatic rings. The molecule has 3 rings (SSSR count). The third kappa shape index (κ3) is 3.36. The maximum atomic E-state index is 12.3. The number of rotatable bonds is 3. The molecule has 2 amide bonds. The van der Waals surface area contributed by atoms with Gasteiger partial charge in [-0.15, -0.1) is 11.3 Å². The minimum atomic E-state index is -0.519. The Hall–Kier alpha value is -2.52. The molecule has 0 aliphatic carbocycles. The first-order valence-electron chi connectivity index (χ1n) is 6.73. The highest BCUT2D eigenvalue weighted by Gasteiger charge is 2.18. The Bertz CT molecular complexity index is 923. The van der Waals surface area contributed by atoms with Gasteiger partial charge in [0.1, 0.15) is 4.88 Å². The van der Waals surface area contributed by atoms with Crippen molar-refractivity contribution in [3.05, 3.63) is 45.5 Å². The third-order valence-electron chi connectivity index (χ3n) is 3.08. The van der Waals surface area contributed by atoms with Gasteiger partial charge in [0.25, 0.3) is 0 Å². The molecule has 3 aromatic rings. The van der Waals surface area contributed by atoms with Crippen molar-refractivity contribution in [2.45, 2.75) is 0 Å². The number of carbonyl (C=O) groups is 2. The van der Waals surface area contributed by atoms with Gasteiger partial charge in [-0.25, -0.2) is 9.59 Å². The second-order valence-corrected chi connectivity index (χ2v) is 7.06. The maximum absolute atomic E-state index is 12.3. The van der Waals surface area contributed by atoms with Crippen LogP contribution >= 0.6 is 27.3 Å². The summed E-state index contributed by atoms with van der Waals surface area (Å²) in [5, 5.41) is 6.13. The predicted octanol–water partition coefficient (Wildman–Crippen LogP) is 3.88. The standard InChI is InChI=1S/C15H11BrN4O3S/c1-23-14(21)13-9(5-11(16)24-13)19-15(22)20-10-7-17-6-8-3-2-4-18-12(8)10/h2-7H,1H3,(H2,19,20,22). The Morgan fingerprint density at radius 3 is 2.83 bits per heavy atom. The summed E-state index contributed by atoms with van der Waals surface area (Å²) in [5.74, 6) is -0.519. The van der Waals surface area contributed by atoms with Crippen LogP contribution in [0.1, 0.15) is 9.67 Å². The van der Waals surface area contributed by atoms with E-state index in [2.05, 4.69) is 36.5 Å². The number of halogens is 1. The fourth-order valence-electron chi connectivity index (χ4n) is 2.07. The Kier molecular flexibility index (Phi) is 4.72. The number of carbonyl (C=O) groups excluding carboxylic acids is 2. The van der Waals surface area contributed by atoms with Gasteiger partial charge in [0.2, 0.25) is 0 Å². The number of nitrogens with zero attached hydrogens (tertiary/aromatic N) is 2. The second-order valence-electron chi connectivity index (χ2n) is 4.63. The number of pyridine rings is 2. The molecule has 0 saturated carbocycles. The Labute approximate surface area is 149 Å². The fourth-order valence-corrected chi connectivity index (χ4v) is 3.54. The van der Waals surface area contributed by atoms with E-state index >= 15 is 0 Å². The number of aromatic nitrogens is 2. The molecule has 0 aliphatic heterocycles. The number of ether oxygens (including phenoxy) is 1. The van der Waals surface area contributed by atoms with Crippen molar-refractivity contribution < 1.29 is 14.3 Å². The number of anilines is 2. The number of nitrogens with one attached hydrogen (secondary N) is 2. The molecule has 0 fully saturated rings. The average Bonchev–Trinajstić information content (AvgIpc) is 2.94. The van der Waals surface area contributed by atoms with Gasteiger partial charge in [-0.3, -0.25) is 9.97 Å². The Balaban J connectivity index is 1.82. The van der Waals surface area contributed by atoms with Crippen LogP contribution in [0.3, 0.4) is 0 Å². The van der Waals surface area contributed by atoms with Crippen molar-refractivity contribution in [3.8, 4) is 0 Å². The van der Waals surface area contributed by atoms with E-state index in [1.165, 1.54) is 24.6 Å². The zero-order valence-corrected chi connectivity index (χ0v) is 14.8. The molecule has 0 saturated heterocycles. The van der Waals surface area contributed by atoms with E-state index in [1.54, 1.807) is 24.5 Å². The molecule has 3 heterocycles. The van der Waals surface area contributed by atoms with Crippen LogP contribution in [0.15, 0.2) is 40.6 Å². The average molecular weight is 407 g/mol. The van der Waals surface area contributed by atoms with E-state index in [1.807, 2.05) is 6.07 Å². The summed E-state index contributed by atoms with van der Waals surface area (Å²) < 4.78 is 5.41. The van der Waals surface area contributed by atoms with Gasteiger partial charge in [-0.2, -0.15) is 0 Å². The lowest BCUT2D eigenvalue weighted by Gasteiger charge is -2.09. The van der Waals surface area contributed by atoms with Crippen LogP contribution in [0.2, 0.25) is 0 Å². The summed E-state index contributed by atoms with van der Waals surface area (Å²) >= 11 is 4.46. The van der Waals surface area contributed by atoms with E-state index in [-0.39, 0.29) is 0 Å². The van der Waals surface area contributed by atoms with Crippen LogP contribution in [-0.2, 0) is 4.74 Å². The van der Waals surface area contributed by atoms with Crippen molar-refractivity contribution >= 4 is 61.5 Å². The quantitative estimate of drug-likeness (QED) is 0.643. The smallest absolute Gasteiger partial charge is 0.350 e. The molecule has 3 aromatic heterocycles. The first kappa shape index (κ1) is 16.3. The molecule has 7 nitrogen and oxygen atoms in total. The summed E-state index contributed by atoms with van der Waals surface area (Å²) in [5.41, 5.74) is 1.46. The first-order valence-corrected chi connectivity index (χ1v) is 8.34. The van der Waals surface area contributed by atoms with Gasteiger partial charge in [-0.1, -0.05) is 0 Å². The number of thiophene rings is 1. The van der Waals surface area contributed by atoms with E-state index in [0.29, 0.717) is 25.6 Å². The van der Waals surface area contributed by atoms with E-state index in [0.717, 1.165) is 5.39 Å². The molecule has 122 valence electrons. The zero-order chi connectivity index (χ0) is 17.1. The molecule has 0 aromatic carbocycles. The normalized spacial score (nSPS) is 10.4. The lowest BCUT2D eigenvalue weighted by Crippen LogP contribution is -2.20. The van der Waals surface area contributed by atoms with Crippen LogP contribution in [0, 0.1) is 0 Å². The Morgan fingerprint density at radius 2 is 2.04 bits per heavy atom. The maximum Gasteiger partial charge on any atom is 0.350 e. The molecular weight excluding hydrogens is 396 g/mol. The monoisotopic (exact) mass is 406 g/mol. The molecule has 24 heavy (non-hydrogen) atoms. The molecule has 0 spiro atoms. The summed E-state index contributed by atoms with van der Waals surface area (Å²) in [6.07, 6.45) is 4.81. The van der Waals surface area contributed by atoms with Crippen molar-refractivity contribution in [3.63, 3.8) is 0 Å². The second kappa shape index (κ2) is 6.93. The number of esters is 1. The van der Waals surface area contributed by atoms with Crippen LogP contribution in [0.4, 0.5) is 16.2 Å². The van der Waals surface area contributed by atoms with Crippen molar-refractivity contribution in [1.29, 1.82) is 0 Å². The lowest BCUT2D eigenvalue weighted by atomic mass is 10.2. The van der Waals surface area contributed by atoms with Gasteiger partial charge < -0.3 is 15.4 Å². The van der Waals surface area contributed by atoms with Gasteiger partial charge in [0.15, 0.2) is 0 Å². The van der Waals surface area contributed by atoms with Crippen LogP contribution in [-0.4, -0.2) is 29.1 Å². The molecule has 0 atom stereocenters. The topological polar surface area (TPSA) is 93.2 Å². The summed E-state index contributed by atoms with van der Waals surface area (Å²) in [6, 6.07) is 4.77. The molecular formula is C15H11BrN4O3S. The van der Waals surface area contributed by atoms with Crippen molar-refractivity contribution in [2.24, 2.45) is 0 Å². The highest BCUT2D eigenvalue weighted by atomic mass is 79.9. The Morgan fingerprint density at radius 1 is 1.25 bits per heavy atom. The number of hydrogen-bond acceptors (Lipinski definition) is 6. The molecule has 0 radical (unpaired) electrons. The van der Waals surface area contributed by atoms with Gasteiger partial charge in [-0.05, 0) is 34.1 Å². The van der Waals surface area contributed by atoms with Crippen LogP contribution in [0.5, 0.6) is 0 Å². The van der Waals surface area contributed by atoms with Gasteiger partial charge in [0.05, 0.1) is 34.0 Å². The number of hydrogen-bond donors (Lipinski definition) is 2. The van der Waals surface area contributed by atoms with E-state index in [4.69, 9.17) is 4.74 Å². The lowest BCUT2D eigenvalue weighted by molar-refractivity contribution is 0.0607. The number of urea groups is 1. The number of fused-ring (bicyclic) bond motifs is 1.